The van der Waals surface area contributed by atoms with E-state index in [9.17, 15) is 18.0 Å². The van der Waals surface area contributed by atoms with E-state index in [2.05, 4.69) is 5.32 Å². The molecule has 0 bridgehead atoms. The predicted octanol–water partition coefficient (Wildman–Crippen LogP) is 0.964. The van der Waals surface area contributed by atoms with Crippen molar-refractivity contribution in [3.05, 3.63) is 33.7 Å². The number of carbonyl (C=O) groups excluding carboxylic acids is 1. The van der Waals surface area contributed by atoms with Crippen LogP contribution in [0.3, 0.4) is 0 Å². The molecule has 0 spiro atoms. The van der Waals surface area contributed by atoms with Gasteiger partial charge in [0.05, 0.1) is 37.7 Å². The number of methoxy groups -OCH3 is 2. The van der Waals surface area contributed by atoms with Gasteiger partial charge in [-0.05, 0) is 25.0 Å². The van der Waals surface area contributed by atoms with Crippen LogP contribution >= 0.6 is 0 Å². The van der Waals surface area contributed by atoms with E-state index in [1.807, 2.05) is 0 Å². The number of ether oxygens (including phenoxy) is 2. The molecule has 1 saturated heterocycles. The van der Waals surface area contributed by atoms with Gasteiger partial charge in [-0.3, -0.25) is 4.79 Å². The summed E-state index contributed by atoms with van der Waals surface area (Å²) in [5, 5.41) is 3.32. The van der Waals surface area contributed by atoms with Crippen LogP contribution in [0, 0.1) is 6.92 Å². The molecule has 1 aromatic carbocycles. The quantitative estimate of drug-likeness (QED) is 0.751. The number of hydrogen-bond acceptors (Lipinski definition) is 7. The van der Waals surface area contributed by atoms with Crippen molar-refractivity contribution in [2.24, 2.45) is 0 Å². The molecule has 1 aliphatic rings. The molecule has 8 nitrogen and oxygen atoms in total. The second kappa shape index (κ2) is 7.22. The van der Waals surface area contributed by atoms with Crippen molar-refractivity contribution in [1.82, 2.24) is 5.32 Å². The Morgan fingerprint density at radius 2 is 1.93 bits per heavy atom. The number of aryl methyl sites for hydroxylation is 1. The molecule has 0 aliphatic carbocycles. The van der Waals surface area contributed by atoms with Crippen LogP contribution in [-0.4, -0.2) is 46.1 Å². The Morgan fingerprint density at radius 3 is 2.52 bits per heavy atom. The Kier molecular flexibility index (Phi) is 5.14. The first-order valence-electron chi connectivity index (χ1n) is 8.42. The van der Waals surface area contributed by atoms with E-state index in [0.29, 0.717) is 34.5 Å². The van der Waals surface area contributed by atoms with Crippen molar-refractivity contribution in [3.63, 3.8) is 0 Å². The lowest BCUT2D eigenvalue weighted by atomic mass is 10.0. The van der Waals surface area contributed by atoms with Crippen molar-refractivity contribution in [1.29, 1.82) is 0 Å². The van der Waals surface area contributed by atoms with E-state index < -0.39 is 27.4 Å². The standard InChI is InChI=1S/C18H21NO7S/c1-10-12-6-15(24-2)16(25-3)8-14(12)26-18(21)13(10)7-17(20)19-11-4-5-27(22,23)9-11/h6,8,11H,4-5,7,9H2,1-3H3,(H,19,20)/t11-/m0/s1. The van der Waals surface area contributed by atoms with E-state index >= 15 is 0 Å². The van der Waals surface area contributed by atoms with E-state index in [1.165, 1.54) is 14.2 Å². The van der Waals surface area contributed by atoms with Gasteiger partial charge in [0, 0.05) is 17.5 Å². The molecule has 2 aromatic rings. The van der Waals surface area contributed by atoms with Crippen LogP contribution in [0.5, 0.6) is 11.5 Å². The molecule has 27 heavy (non-hydrogen) atoms. The number of rotatable bonds is 5. The van der Waals surface area contributed by atoms with E-state index in [4.69, 9.17) is 13.9 Å². The maximum Gasteiger partial charge on any atom is 0.340 e. The average Bonchev–Trinajstić information content (AvgIpc) is 2.95. The summed E-state index contributed by atoms with van der Waals surface area (Å²) in [5.41, 5.74) is 0.562. The Balaban J connectivity index is 1.90. The van der Waals surface area contributed by atoms with Crippen LogP contribution in [0.1, 0.15) is 17.5 Å². The summed E-state index contributed by atoms with van der Waals surface area (Å²) in [6.07, 6.45) is 0.200. The number of nitrogens with one attached hydrogen (secondary N) is 1. The maximum atomic E-state index is 12.4. The minimum atomic E-state index is -3.09. The van der Waals surface area contributed by atoms with Gasteiger partial charge in [0.2, 0.25) is 5.91 Å². The van der Waals surface area contributed by atoms with Gasteiger partial charge in [0.1, 0.15) is 5.58 Å². The number of carbonyl (C=O) groups is 1. The van der Waals surface area contributed by atoms with Crippen LogP contribution in [-0.2, 0) is 21.1 Å². The smallest absolute Gasteiger partial charge is 0.340 e. The molecule has 1 N–H and O–H groups in total. The van der Waals surface area contributed by atoms with Gasteiger partial charge in [0.15, 0.2) is 21.3 Å². The molecule has 1 atom stereocenters. The van der Waals surface area contributed by atoms with E-state index in [-0.39, 0.29) is 23.5 Å². The van der Waals surface area contributed by atoms with Gasteiger partial charge in [0.25, 0.3) is 0 Å². The molecule has 1 amide bonds. The number of hydrogen-bond donors (Lipinski definition) is 1. The first-order chi connectivity index (χ1) is 12.7. The Morgan fingerprint density at radius 1 is 1.26 bits per heavy atom. The monoisotopic (exact) mass is 395 g/mol. The highest BCUT2D eigenvalue weighted by Gasteiger charge is 2.29. The molecule has 0 saturated carbocycles. The summed E-state index contributed by atoms with van der Waals surface area (Å²) in [6.45, 7) is 1.73. The van der Waals surface area contributed by atoms with Gasteiger partial charge in [-0.25, -0.2) is 13.2 Å². The first kappa shape index (κ1) is 19.2. The van der Waals surface area contributed by atoms with Crippen LogP contribution in [0.25, 0.3) is 11.0 Å². The lowest BCUT2D eigenvalue weighted by Gasteiger charge is -2.13. The molecule has 0 radical (unpaired) electrons. The van der Waals surface area contributed by atoms with E-state index in [0.717, 1.165) is 0 Å². The van der Waals surface area contributed by atoms with Gasteiger partial charge in [-0.15, -0.1) is 0 Å². The van der Waals surface area contributed by atoms with Gasteiger partial charge < -0.3 is 19.2 Å². The second-order valence-corrected chi connectivity index (χ2v) is 8.77. The third-order valence-corrected chi connectivity index (χ3v) is 6.49. The lowest BCUT2D eigenvalue weighted by molar-refractivity contribution is -0.121. The Hall–Kier alpha value is -2.55. The SMILES string of the molecule is COc1cc2oc(=O)c(CC(=O)N[C@H]3CCS(=O)(=O)C3)c(C)c2cc1OC. The highest BCUT2D eigenvalue weighted by molar-refractivity contribution is 7.91. The van der Waals surface area contributed by atoms with Crippen molar-refractivity contribution < 1.29 is 27.1 Å². The fourth-order valence-electron chi connectivity index (χ4n) is 3.27. The predicted molar refractivity (Wildman–Crippen MR) is 99.2 cm³/mol. The molecule has 9 heteroatoms. The largest absolute Gasteiger partial charge is 0.493 e. The first-order valence-corrected chi connectivity index (χ1v) is 10.2. The number of sulfone groups is 1. The summed E-state index contributed by atoms with van der Waals surface area (Å²) in [7, 11) is -0.109. The topological polar surface area (TPSA) is 112 Å². The minimum absolute atomic E-state index is 0.0662. The molecule has 1 aliphatic heterocycles. The summed E-state index contributed by atoms with van der Waals surface area (Å²) in [4.78, 5) is 24.7. The summed E-state index contributed by atoms with van der Waals surface area (Å²) in [5.74, 6) is 0.499. The number of fused-ring (bicyclic) bond motifs is 1. The van der Waals surface area contributed by atoms with Crippen LogP contribution in [0.2, 0.25) is 0 Å². The van der Waals surface area contributed by atoms with E-state index in [1.54, 1.807) is 19.1 Å². The molecule has 0 unspecified atom stereocenters. The van der Waals surface area contributed by atoms with Crippen LogP contribution < -0.4 is 20.4 Å². The van der Waals surface area contributed by atoms with Crippen LogP contribution in [0.15, 0.2) is 21.3 Å². The Bertz CT molecular complexity index is 1060. The normalized spacial score (nSPS) is 18.4. The summed E-state index contributed by atoms with van der Waals surface area (Å²) < 4.78 is 38.9. The molecular formula is C18H21NO7S. The minimum Gasteiger partial charge on any atom is -0.493 e. The highest BCUT2D eigenvalue weighted by Crippen LogP contribution is 2.33. The zero-order valence-electron chi connectivity index (χ0n) is 15.3. The number of amides is 1. The molecular weight excluding hydrogens is 374 g/mol. The highest BCUT2D eigenvalue weighted by atomic mass is 32.2. The third-order valence-electron chi connectivity index (χ3n) is 4.73. The fraction of sp³-hybridized carbons (Fsp3) is 0.444. The summed E-state index contributed by atoms with van der Waals surface area (Å²) in [6, 6.07) is 2.84. The molecule has 2 heterocycles. The molecule has 1 aromatic heterocycles. The van der Waals surface area contributed by atoms with Gasteiger partial charge in [-0.1, -0.05) is 0 Å². The lowest BCUT2D eigenvalue weighted by Crippen LogP contribution is -2.37. The van der Waals surface area contributed by atoms with Crippen molar-refractivity contribution in [2.45, 2.75) is 25.8 Å². The maximum absolute atomic E-state index is 12.4. The second-order valence-electron chi connectivity index (χ2n) is 6.54. The molecule has 3 rings (SSSR count). The van der Waals surface area contributed by atoms with Crippen molar-refractivity contribution >= 4 is 26.7 Å². The van der Waals surface area contributed by atoms with Crippen molar-refractivity contribution in [2.75, 3.05) is 25.7 Å². The molecule has 1 fully saturated rings. The summed E-state index contributed by atoms with van der Waals surface area (Å²) >= 11 is 0. The third kappa shape index (κ3) is 3.92. The number of benzene rings is 1. The fourth-order valence-corrected chi connectivity index (χ4v) is 4.94. The zero-order chi connectivity index (χ0) is 19.8. The average molecular weight is 395 g/mol. The molecule has 146 valence electrons. The van der Waals surface area contributed by atoms with Crippen LogP contribution in [0.4, 0.5) is 0 Å². The zero-order valence-corrected chi connectivity index (χ0v) is 16.1. The van der Waals surface area contributed by atoms with Gasteiger partial charge >= 0.3 is 5.63 Å². The Labute approximate surface area is 156 Å². The van der Waals surface area contributed by atoms with Gasteiger partial charge in [-0.2, -0.15) is 0 Å². The van der Waals surface area contributed by atoms with Crippen molar-refractivity contribution in [3.8, 4) is 11.5 Å².